The average Bonchev–Trinajstić information content (AvgIpc) is 3.27. The molecule has 1 aromatic heterocycles. The third kappa shape index (κ3) is 5.33. The first-order valence-electron chi connectivity index (χ1n) is 9.52. The van der Waals surface area contributed by atoms with E-state index in [1.807, 2.05) is 41.8 Å². The zero-order chi connectivity index (χ0) is 19.8. The molecule has 7 heteroatoms. The zero-order valence-electron chi connectivity index (χ0n) is 16.1. The van der Waals surface area contributed by atoms with Crippen LogP contribution in [0.2, 0.25) is 0 Å². The molecule has 0 spiro atoms. The fourth-order valence-electron chi connectivity index (χ4n) is 3.24. The number of nitrogens with one attached hydrogen (secondary N) is 1. The van der Waals surface area contributed by atoms with E-state index in [1.54, 1.807) is 12.0 Å². The Morgan fingerprint density at radius 2 is 2.00 bits per heavy atom. The van der Waals surface area contributed by atoms with Gasteiger partial charge in [-0.2, -0.15) is 0 Å². The molecule has 2 amide bonds. The van der Waals surface area contributed by atoms with Gasteiger partial charge in [0, 0.05) is 20.2 Å². The maximum Gasteiger partial charge on any atom is 0.264 e. The van der Waals surface area contributed by atoms with Gasteiger partial charge in [-0.3, -0.25) is 9.59 Å². The van der Waals surface area contributed by atoms with E-state index in [9.17, 15) is 9.59 Å². The normalized spacial score (nSPS) is 16.6. The van der Waals surface area contributed by atoms with Crippen LogP contribution in [-0.4, -0.2) is 49.6 Å². The first kappa shape index (κ1) is 20.4. The summed E-state index contributed by atoms with van der Waals surface area (Å²) in [4.78, 5) is 27.9. The molecule has 150 valence electrons. The third-order valence-corrected chi connectivity index (χ3v) is 5.60. The summed E-state index contributed by atoms with van der Waals surface area (Å²) < 4.78 is 10.5. The molecular formula is C21H26N2O4S. The van der Waals surface area contributed by atoms with Gasteiger partial charge in [0.25, 0.3) is 5.91 Å². The van der Waals surface area contributed by atoms with Crippen molar-refractivity contribution in [1.29, 1.82) is 0 Å². The Morgan fingerprint density at radius 3 is 2.71 bits per heavy atom. The molecule has 0 radical (unpaired) electrons. The maximum atomic E-state index is 12.8. The van der Waals surface area contributed by atoms with E-state index in [0.29, 0.717) is 37.6 Å². The summed E-state index contributed by atoms with van der Waals surface area (Å²) in [5.41, 5.74) is 0.986. The van der Waals surface area contributed by atoms with Crippen molar-refractivity contribution in [2.45, 2.75) is 31.8 Å². The number of hydrogen-bond acceptors (Lipinski definition) is 5. The van der Waals surface area contributed by atoms with Gasteiger partial charge in [-0.15, -0.1) is 11.3 Å². The highest BCUT2D eigenvalue weighted by molar-refractivity contribution is 7.12. The van der Waals surface area contributed by atoms with Crippen LogP contribution in [0.5, 0.6) is 5.75 Å². The molecule has 1 N–H and O–H groups in total. The fourth-order valence-corrected chi connectivity index (χ4v) is 3.92. The summed E-state index contributed by atoms with van der Waals surface area (Å²) in [5.74, 6) is 0.629. The van der Waals surface area contributed by atoms with E-state index < -0.39 is 6.04 Å². The predicted molar refractivity (Wildman–Crippen MR) is 109 cm³/mol. The van der Waals surface area contributed by atoms with E-state index >= 15 is 0 Å². The monoisotopic (exact) mass is 402 g/mol. The van der Waals surface area contributed by atoms with Crippen molar-refractivity contribution < 1.29 is 19.1 Å². The molecule has 0 aliphatic carbocycles. The Balaban J connectivity index is 1.54. The zero-order valence-corrected chi connectivity index (χ0v) is 16.9. The van der Waals surface area contributed by atoms with Crippen molar-refractivity contribution >= 4 is 23.2 Å². The molecule has 1 saturated heterocycles. The minimum absolute atomic E-state index is 0.0487. The van der Waals surface area contributed by atoms with Crippen molar-refractivity contribution in [2.24, 2.45) is 0 Å². The lowest BCUT2D eigenvalue weighted by atomic mass is 10.0. The lowest BCUT2D eigenvalue weighted by Crippen LogP contribution is -2.51. The second kappa shape index (κ2) is 10.2. The Morgan fingerprint density at radius 1 is 1.18 bits per heavy atom. The van der Waals surface area contributed by atoms with Gasteiger partial charge in [0.15, 0.2) is 0 Å². The first-order valence-corrected chi connectivity index (χ1v) is 10.4. The SMILES string of the molecule is COCCOc1ccc(CNC(=O)C2CCCCN2C(=O)c2cccs2)cc1. The van der Waals surface area contributed by atoms with Crippen LogP contribution >= 0.6 is 11.3 Å². The minimum Gasteiger partial charge on any atom is -0.491 e. The molecule has 1 atom stereocenters. The summed E-state index contributed by atoms with van der Waals surface area (Å²) in [6, 6.07) is 10.9. The van der Waals surface area contributed by atoms with Gasteiger partial charge in [-0.05, 0) is 48.4 Å². The highest BCUT2D eigenvalue weighted by Gasteiger charge is 2.32. The van der Waals surface area contributed by atoms with Crippen LogP contribution in [0, 0.1) is 0 Å². The number of likely N-dealkylation sites (tertiary alicyclic amines) is 1. The van der Waals surface area contributed by atoms with Crippen LogP contribution in [0.25, 0.3) is 0 Å². The van der Waals surface area contributed by atoms with Gasteiger partial charge in [0.1, 0.15) is 18.4 Å². The van der Waals surface area contributed by atoms with Gasteiger partial charge in [-0.25, -0.2) is 0 Å². The van der Waals surface area contributed by atoms with Crippen LogP contribution in [0.1, 0.15) is 34.5 Å². The van der Waals surface area contributed by atoms with Crippen molar-refractivity contribution in [3.8, 4) is 5.75 Å². The van der Waals surface area contributed by atoms with Gasteiger partial charge in [0.05, 0.1) is 11.5 Å². The number of ether oxygens (including phenoxy) is 2. The molecule has 1 fully saturated rings. The van der Waals surface area contributed by atoms with E-state index in [0.717, 1.165) is 24.2 Å². The van der Waals surface area contributed by atoms with Gasteiger partial charge in [-0.1, -0.05) is 18.2 Å². The summed E-state index contributed by atoms with van der Waals surface area (Å²) in [6.45, 7) is 2.10. The largest absolute Gasteiger partial charge is 0.491 e. The third-order valence-electron chi connectivity index (χ3n) is 4.74. The fraction of sp³-hybridized carbons (Fsp3) is 0.429. The Hall–Kier alpha value is -2.38. The minimum atomic E-state index is -0.403. The molecule has 2 aromatic rings. The Labute approximate surface area is 169 Å². The van der Waals surface area contributed by atoms with Crippen LogP contribution in [0.3, 0.4) is 0 Å². The van der Waals surface area contributed by atoms with Gasteiger partial charge < -0.3 is 19.7 Å². The number of hydrogen-bond donors (Lipinski definition) is 1. The molecule has 1 aliphatic rings. The van der Waals surface area contributed by atoms with Crippen molar-refractivity contribution in [1.82, 2.24) is 10.2 Å². The van der Waals surface area contributed by atoms with Crippen molar-refractivity contribution in [3.63, 3.8) is 0 Å². The smallest absolute Gasteiger partial charge is 0.264 e. The molecule has 6 nitrogen and oxygen atoms in total. The summed E-state index contributed by atoms with van der Waals surface area (Å²) in [6.07, 6.45) is 2.60. The van der Waals surface area contributed by atoms with Crippen LogP contribution in [-0.2, 0) is 16.1 Å². The molecule has 1 aromatic carbocycles. The average molecular weight is 403 g/mol. The summed E-state index contributed by atoms with van der Waals surface area (Å²) in [7, 11) is 1.64. The van der Waals surface area contributed by atoms with E-state index in [4.69, 9.17) is 9.47 Å². The van der Waals surface area contributed by atoms with Gasteiger partial charge >= 0.3 is 0 Å². The van der Waals surface area contributed by atoms with E-state index in [-0.39, 0.29) is 11.8 Å². The number of amides is 2. The summed E-state index contributed by atoms with van der Waals surface area (Å²) in [5, 5.41) is 4.86. The molecule has 28 heavy (non-hydrogen) atoms. The number of piperidine rings is 1. The lowest BCUT2D eigenvalue weighted by Gasteiger charge is -2.34. The standard InChI is InChI=1S/C21H26N2O4S/c1-26-12-13-27-17-9-7-16(8-10-17)15-22-20(24)18-5-2-3-11-23(18)21(25)19-6-4-14-28-19/h4,6-10,14,18H,2-3,5,11-13,15H2,1H3,(H,22,24). The maximum absolute atomic E-state index is 12.8. The molecule has 1 unspecified atom stereocenters. The van der Waals surface area contributed by atoms with Crippen LogP contribution < -0.4 is 10.1 Å². The van der Waals surface area contributed by atoms with E-state index in [1.165, 1.54) is 11.3 Å². The molecule has 0 bridgehead atoms. The van der Waals surface area contributed by atoms with Crippen molar-refractivity contribution in [2.75, 3.05) is 26.9 Å². The highest BCUT2D eigenvalue weighted by Crippen LogP contribution is 2.22. The molecular weight excluding hydrogens is 376 g/mol. The second-order valence-electron chi connectivity index (χ2n) is 6.69. The lowest BCUT2D eigenvalue weighted by molar-refractivity contribution is -0.126. The topological polar surface area (TPSA) is 67.9 Å². The predicted octanol–water partition coefficient (Wildman–Crippen LogP) is 3.08. The number of methoxy groups -OCH3 is 1. The quantitative estimate of drug-likeness (QED) is 0.689. The summed E-state index contributed by atoms with van der Waals surface area (Å²) >= 11 is 1.41. The molecule has 2 heterocycles. The Bertz CT molecular complexity index is 761. The number of benzene rings is 1. The number of nitrogens with zero attached hydrogens (tertiary/aromatic N) is 1. The molecule has 3 rings (SSSR count). The number of thiophene rings is 1. The van der Waals surface area contributed by atoms with Crippen LogP contribution in [0.15, 0.2) is 41.8 Å². The second-order valence-corrected chi connectivity index (χ2v) is 7.64. The molecule has 0 saturated carbocycles. The van der Waals surface area contributed by atoms with Gasteiger partial charge in [0.2, 0.25) is 5.91 Å². The number of carbonyl (C=O) groups is 2. The molecule has 1 aliphatic heterocycles. The van der Waals surface area contributed by atoms with E-state index in [2.05, 4.69) is 5.32 Å². The first-order chi connectivity index (χ1) is 13.7. The van der Waals surface area contributed by atoms with Crippen LogP contribution in [0.4, 0.5) is 0 Å². The highest BCUT2D eigenvalue weighted by atomic mass is 32.1. The number of rotatable bonds is 8. The Kier molecular flexibility index (Phi) is 7.45. The number of carbonyl (C=O) groups excluding carboxylic acids is 2. The van der Waals surface area contributed by atoms with Crippen molar-refractivity contribution in [3.05, 3.63) is 52.2 Å².